The van der Waals surface area contributed by atoms with Gasteiger partial charge in [-0.3, -0.25) is 4.90 Å². The fourth-order valence-electron chi connectivity index (χ4n) is 3.59. The third-order valence-electron chi connectivity index (χ3n) is 4.82. The summed E-state index contributed by atoms with van der Waals surface area (Å²) in [5, 5.41) is 15.2. The van der Waals surface area contributed by atoms with Crippen LogP contribution < -0.4 is 0 Å². The maximum Gasteiger partial charge on any atom is 0.230 e. The quantitative estimate of drug-likeness (QED) is 0.707. The van der Waals surface area contributed by atoms with E-state index in [4.69, 9.17) is 11.6 Å². The van der Waals surface area contributed by atoms with E-state index in [-0.39, 0.29) is 16.9 Å². The Morgan fingerprint density at radius 2 is 1.96 bits per heavy atom. The molecular weight excluding hydrogens is 375 g/mol. The van der Waals surface area contributed by atoms with Gasteiger partial charge in [0.15, 0.2) is 0 Å². The molecule has 1 fully saturated rings. The van der Waals surface area contributed by atoms with Crippen molar-refractivity contribution in [3.05, 3.63) is 45.3 Å². The lowest BCUT2D eigenvalue weighted by Gasteiger charge is -2.30. The topological polar surface area (TPSA) is 53.7 Å². The summed E-state index contributed by atoms with van der Waals surface area (Å²) in [7, 11) is 0. The van der Waals surface area contributed by atoms with Gasteiger partial charge in [-0.05, 0) is 50.6 Å². The van der Waals surface area contributed by atoms with Crippen molar-refractivity contribution in [2.24, 2.45) is 0 Å². The first-order valence-electron chi connectivity index (χ1n) is 8.78. The molecule has 0 spiro atoms. The highest BCUT2D eigenvalue weighted by Crippen LogP contribution is 2.41. The molecule has 138 valence electrons. The standard InChI is InChI=1S/C18H20ClFN4OS/c1-11-21-18-24(22-11)17(25)16(26-18)15(23-8-4-2-3-5-9-23)12-6-7-14(20)13(19)10-12/h6-7,10,15,25H,2-5,8-9H2,1H3/t15-/m1/s1. The zero-order valence-corrected chi connectivity index (χ0v) is 16.0. The predicted octanol–water partition coefficient (Wildman–Crippen LogP) is 4.56. The van der Waals surface area contributed by atoms with Crippen molar-refractivity contribution >= 4 is 27.9 Å². The maximum atomic E-state index is 13.7. The molecule has 1 saturated heterocycles. The molecule has 0 amide bonds. The number of benzene rings is 1. The summed E-state index contributed by atoms with van der Waals surface area (Å²) in [5.41, 5.74) is 0.870. The second-order valence-electron chi connectivity index (χ2n) is 6.67. The van der Waals surface area contributed by atoms with Crippen molar-refractivity contribution in [1.29, 1.82) is 0 Å². The molecule has 1 aliphatic rings. The Bertz CT molecular complexity index is 933. The van der Waals surface area contributed by atoms with E-state index in [0.29, 0.717) is 10.8 Å². The van der Waals surface area contributed by atoms with E-state index in [1.165, 1.54) is 34.8 Å². The van der Waals surface area contributed by atoms with Gasteiger partial charge < -0.3 is 5.11 Å². The largest absolute Gasteiger partial charge is 0.492 e. The summed E-state index contributed by atoms with van der Waals surface area (Å²) in [6, 6.07) is 4.60. The average molecular weight is 395 g/mol. The summed E-state index contributed by atoms with van der Waals surface area (Å²) in [4.78, 5) is 8.14. The molecule has 3 aromatic rings. The number of halogens is 2. The van der Waals surface area contributed by atoms with Crippen LogP contribution in [0.15, 0.2) is 18.2 Å². The molecule has 3 heterocycles. The molecule has 4 rings (SSSR count). The summed E-state index contributed by atoms with van der Waals surface area (Å²) >= 11 is 7.47. The first-order chi connectivity index (χ1) is 12.5. The Morgan fingerprint density at radius 1 is 1.23 bits per heavy atom. The van der Waals surface area contributed by atoms with E-state index in [2.05, 4.69) is 15.0 Å². The van der Waals surface area contributed by atoms with Crippen LogP contribution in [0.2, 0.25) is 5.02 Å². The molecule has 1 aliphatic heterocycles. The Balaban J connectivity index is 1.83. The molecule has 0 saturated carbocycles. The normalized spacial score (nSPS) is 17.5. The molecule has 0 radical (unpaired) electrons. The minimum atomic E-state index is -0.437. The van der Waals surface area contributed by atoms with E-state index in [1.807, 2.05) is 0 Å². The van der Waals surface area contributed by atoms with E-state index < -0.39 is 5.82 Å². The molecule has 0 aliphatic carbocycles. The Kier molecular flexibility index (Phi) is 4.86. The fourth-order valence-corrected chi connectivity index (χ4v) is 4.94. The smallest absolute Gasteiger partial charge is 0.230 e. The zero-order chi connectivity index (χ0) is 18.3. The molecule has 1 N–H and O–H groups in total. The van der Waals surface area contributed by atoms with E-state index in [0.717, 1.165) is 36.4 Å². The second kappa shape index (κ2) is 7.13. The SMILES string of the molecule is Cc1nc2sc([C@@H](c3ccc(F)c(Cl)c3)N3CCCCCC3)c(O)n2n1. The van der Waals surface area contributed by atoms with Crippen LogP contribution in [0, 0.1) is 12.7 Å². The highest BCUT2D eigenvalue weighted by Gasteiger charge is 2.30. The van der Waals surface area contributed by atoms with Gasteiger partial charge >= 0.3 is 0 Å². The van der Waals surface area contributed by atoms with Gasteiger partial charge in [0, 0.05) is 0 Å². The zero-order valence-electron chi connectivity index (χ0n) is 14.5. The average Bonchev–Trinajstić information content (AvgIpc) is 2.97. The summed E-state index contributed by atoms with van der Waals surface area (Å²) in [6.07, 6.45) is 4.61. The van der Waals surface area contributed by atoms with Crippen LogP contribution >= 0.6 is 22.9 Å². The van der Waals surface area contributed by atoms with Gasteiger partial charge in [-0.2, -0.15) is 4.52 Å². The van der Waals surface area contributed by atoms with Crippen LogP contribution in [0.25, 0.3) is 4.96 Å². The third kappa shape index (κ3) is 3.19. The number of fused-ring (bicyclic) bond motifs is 1. The Labute approximate surface area is 160 Å². The van der Waals surface area contributed by atoms with Crippen molar-refractivity contribution in [2.45, 2.75) is 38.6 Å². The fraction of sp³-hybridized carbons (Fsp3) is 0.444. The number of nitrogens with zero attached hydrogens (tertiary/aromatic N) is 4. The maximum absolute atomic E-state index is 13.7. The van der Waals surface area contributed by atoms with Gasteiger partial charge in [-0.1, -0.05) is 41.8 Å². The van der Waals surface area contributed by atoms with Gasteiger partial charge in [0.1, 0.15) is 11.6 Å². The van der Waals surface area contributed by atoms with Gasteiger partial charge in [-0.25, -0.2) is 9.37 Å². The number of aromatic nitrogens is 3. The summed E-state index contributed by atoms with van der Waals surface area (Å²) in [5.74, 6) is 0.280. The lowest BCUT2D eigenvalue weighted by molar-refractivity contribution is 0.232. The van der Waals surface area contributed by atoms with Gasteiger partial charge in [0.25, 0.3) is 0 Å². The van der Waals surface area contributed by atoms with Gasteiger partial charge in [0.05, 0.1) is 15.9 Å². The first kappa shape index (κ1) is 17.7. The monoisotopic (exact) mass is 394 g/mol. The molecule has 8 heteroatoms. The summed E-state index contributed by atoms with van der Waals surface area (Å²) < 4.78 is 15.2. The van der Waals surface area contributed by atoms with Gasteiger partial charge in [0.2, 0.25) is 10.8 Å². The molecule has 1 aromatic carbocycles. The molecule has 2 aromatic heterocycles. The Hall–Kier alpha value is -1.70. The Morgan fingerprint density at radius 3 is 2.62 bits per heavy atom. The van der Waals surface area contributed by atoms with Crippen LogP contribution in [-0.2, 0) is 0 Å². The van der Waals surface area contributed by atoms with Crippen LogP contribution in [0.1, 0.15) is 48.0 Å². The molecule has 0 bridgehead atoms. The molecule has 5 nitrogen and oxygen atoms in total. The van der Waals surface area contributed by atoms with Crippen molar-refractivity contribution in [1.82, 2.24) is 19.5 Å². The number of hydrogen-bond donors (Lipinski definition) is 1. The number of aromatic hydroxyl groups is 1. The van der Waals surface area contributed by atoms with Crippen molar-refractivity contribution in [2.75, 3.05) is 13.1 Å². The number of aryl methyl sites for hydroxylation is 1. The van der Waals surface area contributed by atoms with E-state index in [1.54, 1.807) is 19.1 Å². The molecule has 26 heavy (non-hydrogen) atoms. The molecular formula is C18H20ClFN4OS. The first-order valence-corrected chi connectivity index (χ1v) is 9.98. The van der Waals surface area contributed by atoms with Crippen molar-refractivity contribution in [3.63, 3.8) is 0 Å². The molecule has 1 atom stereocenters. The third-order valence-corrected chi connectivity index (χ3v) is 6.18. The minimum absolute atomic E-state index is 0.0946. The number of rotatable bonds is 3. The van der Waals surface area contributed by atoms with Crippen molar-refractivity contribution < 1.29 is 9.50 Å². The number of hydrogen-bond acceptors (Lipinski definition) is 5. The van der Waals surface area contributed by atoms with Crippen LogP contribution in [-0.4, -0.2) is 37.7 Å². The minimum Gasteiger partial charge on any atom is -0.492 e. The van der Waals surface area contributed by atoms with Crippen LogP contribution in [0.4, 0.5) is 4.39 Å². The summed E-state index contributed by atoms with van der Waals surface area (Å²) in [6.45, 7) is 3.64. The van der Waals surface area contributed by atoms with E-state index in [9.17, 15) is 9.50 Å². The van der Waals surface area contributed by atoms with Crippen LogP contribution in [0.5, 0.6) is 5.88 Å². The lowest BCUT2D eigenvalue weighted by atomic mass is 10.0. The lowest BCUT2D eigenvalue weighted by Crippen LogP contribution is -2.30. The van der Waals surface area contributed by atoms with Crippen molar-refractivity contribution in [3.8, 4) is 5.88 Å². The number of thiazole rings is 1. The second-order valence-corrected chi connectivity index (χ2v) is 8.09. The van der Waals surface area contributed by atoms with E-state index >= 15 is 0 Å². The highest BCUT2D eigenvalue weighted by atomic mass is 35.5. The molecule has 0 unspecified atom stereocenters. The number of likely N-dealkylation sites (tertiary alicyclic amines) is 1. The van der Waals surface area contributed by atoms with Gasteiger partial charge in [-0.15, -0.1) is 5.10 Å². The highest BCUT2D eigenvalue weighted by molar-refractivity contribution is 7.17. The van der Waals surface area contributed by atoms with Crippen LogP contribution in [0.3, 0.4) is 0 Å². The predicted molar refractivity (Wildman–Crippen MR) is 101 cm³/mol.